The van der Waals surface area contributed by atoms with Crippen molar-refractivity contribution in [3.05, 3.63) is 70.3 Å². The number of benzene rings is 2. The molecule has 0 saturated carbocycles. The van der Waals surface area contributed by atoms with Crippen LogP contribution in [0.25, 0.3) is 0 Å². The molecule has 0 radical (unpaired) electrons. The molecule has 0 bridgehead atoms. The van der Waals surface area contributed by atoms with Crippen molar-refractivity contribution in [2.75, 3.05) is 14.1 Å². The molecule has 0 unspecified atom stereocenters. The minimum atomic E-state index is -4.07. The molecule has 0 aliphatic heterocycles. The monoisotopic (exact) mass is 333 g/mol. The minimum Gasteiger partial charge on any atom is -0.362 e. The Kier molecular flexibility index (Phi) is 4.75. The number of nitro groups is 1. The Morgan fingerprint density at radius 2 is 1.74 bits per heavy atom. The summed E-state index contributed by atoms with van der Waals surface area (Å²) in [6, 6.07) is 13.7. The van der Waals surface area contributed by atoms with Gasteiger partial charge in [0.25, 0.3) is 15.7 Å². The topological polar surface area (TPSA) is 92.9 Å². The summed E-state index contributed by atoms with van der Waals surface area (Å²) in [5.74, 6) is 0.247. The zero-order chi connectivity index (χ0) is 17.0. The average Bonchev–Trinajstić information content (AvgIpc) is 2.53. The van der Waals surface area contributed by atoms with Crippen LogP contribution in [0, 0.1) is 10.1 Å². The number of non-ortho nitro benzene ring substituents is 1. The maximum absolute atomic E-state index is 12.5. The number of nitrogens with zero attached hydrogens (tertiary/aromatic N) is 3. The van der Waals surface area contributed by atoms with Crippen molar-refractivity contribution in [2.45, 2.75) is 4.90 Å². The molecule has 2 aromatic rings. The number of amidine groups is 1. The van der Waals surface area contributed by atoms with E-state index >= 15 is 0 Å². The third-order valence-corrected chi connectivity index (χ3v) is 4.25. The summed E-state index contributed by atoms with van der Waals surface area (Å²) in [7, 11) is -0.716. The fourth-order valence-electron chi connectivity index (χ4n) is 1.90. The predicted octanol–water partition coefficient (Wildman–Crippen LogP) is 2.29. The van der Waals surface area contributed by atoms with Crippen LogP contribution in [0.15, 0.2) is 63.9 Å². The van der Waals surface area contributed by atoms with E-state index in [0.717, 1.165) is 6.07 Å². The molecule has 0 aliphatic carbocycles. The number of hydrogen-bond acceptors (Lipinski definition) is 4. The predicted molar refractivity (Wildman–Crippen MR) is 86.9 cm³/mol. The lowest BCUT2D eigenvalue weighted by molar-refractivity contribution is -0.385. The van der Waals surface area contributed by atoms with E-state index in [9.17, 15) is 18.5 Å². The Labute approximate surface area is 134 Å². The van der Waals surface area contributed by atoms with Crippen LogP contribution in [0.1, 0.15) is 5.56 Å². The fourth-order valence-corrected chi connectivity index (χ4v) is 3.03. The molecule has 0 N–H and O–H groups in total. The van der Waals surface area contributed by atoms with Gasteiger partial charge >= 0.3 is 0 Å². The first-order valence-corrected chi connectivity index (χ1v) is 8.07. The van der Waals surface area contributed by atoms with Crippen molar-refractivity contribution in [3.63, 3.8) is 0 Å². The number of rotatable bonds is 4. The van der Waals surface area contributed by atoms with E-state index in [0.29, 0.717) is 5.56 Å². The lowest BCUT2D eigenvalue weighted by atomic mass is 10.2. The first-order chi connectivity index (χ1) is 10.8. The molecule has 120 valence electrons. The molecule has 2 rings (SSSR count). The summed E-state index contributed by atoms with van der Waals surface area (Å²) in [5, 5.41) is 10.8. The molecule has 0 spiro atoms. The lowest BCUT2D eigenvalue weighted by Crippen LogP contribution is -2.24. The average molecular weight is 333 g/mol. The van der Waals surface area contributed by atoms with E-state index in [2.05, 4.69) is 4.40 Å². The van der Waals surface area contributed by atoms with Gasteiger partial charge in [-0.1, -0.05) is 36.4 Å². The molecular formula is C15H15N3O4S. The van der Waals surface area contributed by atoms with E-state index in [1.165, 1.54) is 18.2 Å². The van der Waals surface area contributed by atoms with E-state index in [-0.39, 0.29) is 16.4 Å². The molecular weight excluding hydrogens is 318 g/mol. The van der Waals surface area contributed by atoms with Gasteiger partial charge in [-0.05, 0) is 6.07 Å². The second-order valence-corrected chi connectivity index (χ2v) is 6.51. The first-order valence-electron chi connectivity index (χ1n) is 6.63. The standard InChI is InChI=1S/C15H15N3O4S/c1-17(2)15(12-7-4-3-5-8-12)16-23(21,22)14-10-6-9-13(11-14)18(19)20/h3-11H,1-2H3/b16-15-. The fraction of sp³-hybridized carbons (Fsp3) is 0.133. The van der Waals surface area contributed by atoms with Crippen molar-refractivity contribution < 1.29 is 13.3 Å². The van der Waals surface area contributed by atoms with Gasteiger partial charge in [0.1, 0.15) is 5.84 Å². The van der Waals surface area contributed by atoms with E-state index in [1.807, 2.05) is 6.07 Å². The van der Waals surface area contributed by atoms with Gasteiger partial charge in [0.15, 0.2) is 0 Å². The third-order valence-electron chi connectivity index (χ3n) is 2.99. The van der Waals surface area contributed by atoms with E-state index < -0.39 is 14.9 Å². The summed E-state index contributed by atoms with van der Waals surface area (Å²) < 4.78 is 28.8. The van der Waals surface area contributed by atoms with Crippen molar-refractivity contribution in [2.24, 2.45) is 4.40 Å². The van der Waals surface area contributed by atoms with Crippen LogP contribution in [-0.2, 0) is 10.0 Å². The van der Waals surface area contributed by atoms with Gasteiger partial charge in [0.05, 0.1) is 9.82 Å². The highest BCUT2D eigenvalue weighted by atomic mass is 32.2. The van der Waals surface area contributed by atoms with Crippen molar-refractivity contribution in [3.8, 4) is 0 Å². The van der Waals surface area contributed by atoms with Crippen LogP contribution >= 0.6 is 0 Å². The third kappa shape index (κ3) is 3.92. The summed E-state index contributed by atoms with van der Waals surface area (Å²) in [4.78, 5) is 11.5. The quantitative estimate of drug-likeness (QED) is 0.370. The van der Waals surface area contributed by atoms with Crippen LogP contribution < -0.4 is 0 Å². The molecule has 0 aliphatic rings. The largest absolute Gasteiger partial charge is 0.362 e. The van der Waals surface area contributed by atoms with Gasteiger partial charge < -0.3 is 4.90 Å². The highest BCUT2D eigenvalue weighted by Crippen LogP contribution is 2.20. The molecule has 0 saturated heterocycles. The Morgan fingerprint density at radius 3 is 2.30 bits per heavy atom. The van der Waals surface area contributed by atoms with Crippen LogP contribution in [0.5, 0.6) is 0 Å². The van der Waals surface area contributed by atoms with Gasteiger partial charge in [0.2, 0.25) is 0 Å². The van der Waals surface area contributed by atoms with Gasteiger partial charge in [-0.2, -0.15) is 8.42 Å². The molecule has 0 heterocycles. The van der Waals surface area contributed by atoms with Gasteiger partial charge in [0, 0.05) is 31.8 Å². The second kappa shape index (κ2) is 6.57. The summed E-state index contributed by atoms with van der Waals surface area (Å²) in [5.41, 5.74) is 0.332. The first kappa shape index (κ1) is 16.6. The van der Waals surface area contributed by atoms with Crippen LogP contribution in [-0.4, -0.2) is 38.2 Å². The van der Waals surface area contributed by atoms with E-state index in [1.54, 1.807) is 43.3 Å². The molecule has 0 aromatic heterocycles. The maximum Gasteiger partial charge on any atom is 0.284 e. The zero-order valence-electron chi connectivity index (χ0n) is 12.6. The molecule has 7 nitrogen and oxygen atoms in total. The smallest absolute Gasteiger partial charge is 0.284 e. The maximum atomic E-state index is 12.5. The Bertz CT molecular complexity index is 846. The lowest BCUT2D eigenvalue weighted by Gasteiger charge is -2.15. The Hall–Kier alpha value is -2.74. The molecule has 2 aromatic carbocycles. The van der Waals surface area contributed by atoms with Gasteiger partial charge in [-0.15, -0.1) is 4.40 Å². The summed E-state index contributed by atoms with van der Waals surface area (Å²) in [6.07, 6.45) is 0. The second-order valence-electron chi connectivity index (χ2n) is 4.90. The molecule has 23 heavy (non-hydrogen) atoms. The molecule has 8 heteroatoms. The summed E-state index contributed by atoms with van der Waals surface area (Å²) in [6.45, 7) is 0. The number of nitro benzene ring substituents is 1. The molecule has 0 fully saturated rings. The minimum absolute atomic E-state index is 0.220. The number of sulfonamides is 1. The Balaban J connectivity index is 2.53. The van der Waals surface area contributed by atoms with Crippen LogP contribution in [0.4, 0.5) is 5.69 Å². The van der Waals surface area contributed by atoms with Gasteiger partial charge in [-0.3, -0.25) is 10.1 Å². The van der Waals surface area contributed by atoms with Crippen LogP contribution in [0.2, 0.25) is 0 Å². The molecule has 0 amide bonds. The highest BCUT2D eigenvalue weighted by molar-refractivity contribution is 7.90. The highest BCUT2D eigenvalue weighted by Gasteiger charge is 2.19. The van der Waals surface area contributed by atoms with Gasteiger partial charge in [-0.25, -0.2) is 0 Å². The zero-order valence-corrected chi connectivity index (χ0v) is 13.4. The molecule has 0 atom stereocenters. The van der Waals surface area contributed by atoms with E-state index in [4.69, 9.17) is 0 Å². The normalized spacial score (nSPS) is 12.0. The summed E-state index contributed by atoms with van der Waals surface area (Å²) >= 11 is 0. The van der Waals surface area contributed by atoms with Crippen molar-refractivity contribution >= 4 is 21.5 Å². The van der Waals surface area contributed by atoms with Crippen molar-refractivity contribution in [1.82, 2.24) is 4.90 Å². The SMILES string of the molecule is CN(C)/C(=N\S(=O)(=O)c1cccc([N+](=O)[O-])c1)c1ccccc1. The van der Waals surface area contributed by atoms with Crippen LogP contribution in [0.3, 0.4) is 0 Å². The number of hydrogen-bond donors (Lipinski definition) is 0. The Morgan fingerprint density at radius 1 is 1.09 bits per heavy atom. The van der Waals surface area contributed by atoms with Crippen molar-refractivity contribution in [1.29, 1.82) is 0 Å².